The summed E-state index contributed by atoms with van der Waals surface area (Å²) >= 11 is 0. The Morgan fingerprint density at radius 2 is 1.62 bits per heavy atom. The Morgan fingerprint density at radius 1 is 1.15 bits per heavy atom. The van der Waals surface area contributed by atoms with Crippen LogP contribution in [0.15, 0.2) is 0 Å². The minimum absolute atomic E-state index is 0. The zero-order chi connectivity index (χ0) is 9.72. The SMILES string of the molecule is O=C(CO)[C@@H](O)[C@@H](O)[C@H](O)CO.P. The summed E-state index contributed by atoms with van der Waals surface area (Å²) in [5, 5.41) is 43.1. The average molecular weight is 214 g/mol. The van der Waals surface area contributed by atoms with Gasteiger partial charge in [-0.1, -0.05) is 0 Å². The first-order valence-corrected chi connectivity index (χ1v) is 3.33. The molecule has 80 valence electrons. The number of rotatable bonds is 5. The molecule has 0 fully saturated rings. The third-order valence-electron chi connectivity index (χ3n) is 1.39. The zero-order valence-corrected chi connectivity index (χ0v) is 8.41. The molecule has 0 aliphatic heterocycles. The standard InChI is InChI=1S/C6H12O6.H3P/c7-1-3(9)5(11)6(12)4(10)2-8;/h3,5-9,11-12H,1-2H2;1H3/t3-,5+,6-;/m1./s1. The molecule has 13 heavy (non-hydrogen) atoms. The molecule has 0 aromatic heterocycles. The van der Waals surface area contributed by atoms with Gasteiger partial charge in [0, 0.05) is 0 Å². The van der Waals surface area contributed by atoms with E-state index in [4.69, 9.17) is 25.5 Å². The summed E-state index contributed by atoms with van der Waals surface area (Å²) < 4.78 is 0. The van der Waals surface area contributed by atoms with Crippen molar-refractivity contribution in [1.29, 1.82) is 0 Å². The van der Waals surface area contributed by atoms with Gasteiger partial charge >= 0.3 is 0 Å². The van der Waals surface area contributed by atoms with Crippen LogP contribution in [-0.2, 0) is 4.79 Å². The topological polar surface area (TPSA) is 118 Å². The number of hydrogen-bond acceptors (Lipinski definition) is 6. The van der Waals surface area contributed by atoms with Gasteiger partial charge in [0.1, 0.15) is 24.9 Å². The van der Waals surface area contributed by atoms with E-state index in [0.717, 1.165) is 0 Å². The Labute approximate surface area is 78.4 Å². The highest BCUT2D eigenvalue weighted by atomic mass is 31.0. The van der Waals surface area contributed by atoms with Gasteiger partial charge in [0.25, 0.3) is 0 Å². The van der Waals surface area contributed by atoms with Crippen molar-refractivity contribution >= 4 is 15.7 Å². The number of carbonyl (C=O) groups excluding carboxylic acids is 1. The van der Waals surface area contributed by atoms with E-state index in [1.807, 2.05) is 0 Å². The highest BCUT2D eigenvalue weighted by Gasteiger charge is 2.28. The molecule has 4 atom stereocenters. The molecule has 7 heteroatoms. The van der Waals surface area contributed by atoms with Crippen molar-refractivity contribution in [3.8, 4) is 0 Å². The molecule has 0 heterocycles. The van der Waals surface area contributed by atoms with Gasteiger partial charge in [0.15, 0.2) is 5.78 Å². The number of aliphatic hydroxyl groups excluding tert-OH is 5. The zero-order valence-electron chi connectivity index (χ0n) is 7.00. The van der Waals surface area contributed by atoms with Crippen LogP contribution in [0.25, 0.3) is 0 Å². The monoisotopic (exact) mass is 214 g/mol. The molecule has 0 saturated carbocycles. The van der Waals surface area contributed by atoms with Gasteiger partial charge in [-0.15, -0.1) is 0 Å². The Morgan fingerprint density at radius 3 is 1.92 bits per heavy atom. The van der Waals surface area contributed by atoms with Crippen molar-refractivity contribution in [1.82, 2.24) is 0 Å². The van der Waals surface area contributed by atoms with E-state index in [1.165, 1.54) is 0 Å². The maximum absolute atomic E-state index is 10.5. The number of carbonyl (C=O) groups is 1. The largest absolute Gasteiger partial charge is 0.394 e. The van der Waals surface area contributed by atoms with Crippen molar-refractivity contribution in [3.63, 3.8) is 0 Å². The van der Waals surface area contributed by atoms with Crippen LogP contribution in [0, 0.1) is 0 Å². The summed E-state index contributed by atoms with van der Waals surface area (Å²) in [6, 6.07) is 0. The third kappa shape index (κ3) is 4.61. The lowest BCUT2D eigenvalue weighted by Crippen LogP contribution is -2.44. The molecule has 0 saturated heterocycles. The van der Waals surface area contributed by atoms with Crippen LogP contribution >= 0.6 is 9.90 Å². The van der Waals surface area contributed by atoms with Gasteiger partial charge in [-0.2, -0.15) is 9.90 Å². The normalized spacial score (nSPS) is 17.0. The Hall–Kier alpha value is -0.1000. The fourth-order valence-corrected chi connectivity index (χ4v) is 0.602. The van der Waals surface area contributed by atoms with Crippen molar-refractivity contribution in [2.24, 2.45) is 0 Å². The van der Waals surface area contributed by atoms with E-state index >= 15 is 0 Å². The molecule has 0 amide bonds. The van der Waals surface area contributed by atoms with Crippen molar-refractivity contribution in [3.05, 3.63) is 0 Å². The second kappa shape index (κ2) is 7.32. The summed E-state index contributed by atoms with van der Waals surface area (Å²) in [5.74, 6) is -1.00. The number of hydrogen-bond donors (Lipinski definition) is 5. The van der Waals surface area contributed by atoms with Crippen molar-refractivity contribution in [2.45, 2.75) is 18.3 Å². The number of ketones is 1. The van der Waals surface area contributed by atoms with Gasteiger partial charge in [-0.25, -0.2) is 0 Å². The van der Waals surface area contributed by atoms with E-state index in [-0.39, 0.29) is 9.90 Å². The van der Waals surface area contributed by atoms with E-state index in [1.54, 1.807) is 0 Å². The minimum Gasteiger partial charge on any atom is -0.394 e. The second-order valence-corrected chi connectivity index (χ2v) is 2.31. The first-order chi connectivity index (χ1) is 5.54. The molecule has 0 aromatic carbocycles. The highest BCUT2D eigenvalue weighted by molar-refractivity contribution is 6.92. The van der Waals surface area contributed by atoms with Gasteiger partial charge in [-0.3, -0.25) is 4.79 Å². The predicted octanol–water partition coefficient (Wildman–Crippen LogP) is -3.32. The maximum Gasteiger partial charge on any atom is 0.189 e. The highest BCUT2D eigenvalue weighted by Crippen LogP contribution is 2.00. The van der Waals surface area contributed by atoms with Gasteiger partial charge < -0.3 is 25.5 Å². The van der Waals surface area contributed by atoms with Crippen LogP contribution in [0.4, 0.5) is 0 Å². The van der Waals surface area contributed by atoms with Crippen LogP contribution < -0.4 is 0 Å². The molecule has 0 radical (unpaired) electrons. The molecular weight excluding hydrogens is 199 g/mol. The Balaban J connectivity index is 0. The number of aliphatic hydroxyl groups is 5. The molecule has 0 aromatic rings. The van der Waals surface area contributed by atoms with Crippen LogP contribution in [0.5, 0.6) is 0 Å². The second-order valence-electron chi connectivity index (χ2n) is 2.31. The summed E-state index contributed by atoms with van der Waals surface area (Å²) in [7, 11) is 0. The van der Waals surface area contributed by atoms with E-state index in [0.29, 0.717) is 0 Å². The molecule has 0 spiro atoms. The van der Waals surface area contributed by atoms with Gasteiger partial charge in [-0.05, 0) is 0 Å². The molecule has 5 N–H and O–H groups in total. The average Bonchev–Trinajstić information content (AvgIpc) is 2.12. The van der Waals surface area contributed by atoms with E-state index in [2.05, 4.69) is 0 Å². The summed E-state index contributed by atoms with van der Waals surface area (Å²) in [6.07, 6.45) is -5.22. The fraction of sp³-hybridized carbons (Fsp3) is 0.833. The van der Waals surface area contributed by atoms with Crippen molar-refractivity contribution < 1.29 is 30.3 Å². The third-order valence-corrected chi connectivity index (χ3v) is 1.39. The maximum atomic E-state index is 10.5. The quantitative estimate of drug-likeness (QED) is 0.306. The van der Waals surface area contributed by atoms with Crippen LogP contribution in [0.1, 0.15) is 0 Å². The van der Waals surface area contributed by atoms with E-state index < -0.39 is 37.3 Å². The lowest BCUT2D eigenvalue weighted by molar-refractivity contribution is -0.142. The first kappa shape index (κ1) is 15.4. The molecule has 6 nitrogen and oxygen atoms in total. The van der Waals surface area contributed by atoms with Gasteiger partial charge in [0.2, 0.25) is 0 Å². The van der Waals surface area contributed by atoms with Crippen molar-refractivity contribution in [2.75, 3.05) is 13.2 Å². The lowest BCUT2D eigenvalue weighted by Gasteiger charge is -2.19. The van der Waals surface area contributed by atoms with Gasteiger partial charge in [0.05, 0.1) is 6.61 Å². The van der Waals surface area contributed by atoms with Crippen LogP contribution in [-0.4, -0.2) is 62.8 Å². The van der Waals surface area contributed by atoms with Crippen LogP contribution in [0.3, 0.4) is 0 Å². The minimum atomic E-state index is -1.86. The summed E-state index contributed by atoms with van der Waals surface area (Å²) in [5.41, 5.74) is 0. The van der Waals surface area contributed by atoms with Crippen LogP contribution in [0.2, 0.25) is 0 Å². The summed E-state index contributed by atoms with van der Waals surface area (Å²) in [4.78, 5) is 10.5. The molecule has 0 rings (SSSR count). The molecule has 0 aliphatic rings. The summed E-state index contributed by atoms with van der Waals surface area (Å²) in [6.45, 7) is -1.69. The molecule has 0 aliphatic carbocycles. The molecular formula is C6H15O6P. The number of Topliss-reactive ketones (excluding diaryl/α,β-unsaturated/α-hetero) is 1. The Kier molecular flexibility index (Phi) is 8.65. The Bertz CT molecular complexity index is 152. The lowest BCUT2D eigenvalue weighted by atomic mass is 10.1. The predicted molar refractivity (Wildman–Crippen MR) is 48.3 cm³/mol. The molecule has 1 unspecified atom stereocenters. The fourth-order valence-electron chi connectivity index (χ4n) is 0.602. The molecule has 0 bridgehead atoms. The van der Waals surface area contributed by atoms with E-state index in [9.17, 15) is 4.79 Å². The first-order valence-electron chi connectivity index (χ1n) is 3.33. The smallest absolute Gasteiger partial charge is 0.189 e.